The summed E-state index contributed by atoms with van der Waals surface area (Å²) >= 11 is 0. The van der Waals surface area contributed by atoms with Crippen molar-refractivity contribution in [2.45, 2.75) is 0 Å². The number of hydrogen-bond acceptors (Lipinski definition) is 1. The molecule has 0 bridgehead atoms. The van der Waals surface area contributed by atoms with Crippen LogP contribution in [0.15, 0.2) is 54.7 Å². The van der Waals surface area contributed by atoms with Gasteiger partial charge in [-0.05, 0) is 42.5 Å². The molecule has 3 aromatic rings. The van der Waals surface area contributed by atoms with E-state index in [1.165, 1.54) is 0 Å². The first-order chi connectivity index (χ1) is 8.38. The van der Waals surface area contributed by atoms with Crippen molar-refractivity contribution in [1.82, 2.24) is 4.57 Å². The van der Waals surface area contributed by atoms with E-state index >= 15 is 0 Å². The van der Waals surface area contributed by atoms with E-state index in [4.69, 9.17) is 5.26 Å². The molecule has 0 N–H and O–H groups in total. The van der Waals surface area contributed by atoms with Crippen LogP contribution in [0.1, 0.15) is 5.56 Å². The zero-order valence-corrected chi connectivity index (χ0v) is 9.09. The molecule has 0 saturated heterocycles. The van der Waals surface area contributed by atoms with Gasteiger partial charge in [-0.25, -0.2) is 0 Å². The summed E-state index contributed by atoms with van der Waals surface area (Å²) in [7, 11) is 0. The van der Waals surface area contributed by atoms with Gasteiger partial charge in [-0.1, -0.05) is 12.1 Å². The molecule has 79 valence electrons. The Labute approximate surface area is 99.3 Å². The highest BCUT2D eigenvalue weighted by Gasteiger charge is 2.02. The molecule has 0 unspecified atom stereocenters. The number of hydrogen-bond donors (Lipinski definition) is 0. The van der Waals surface area contributed by atoms with Crippen molar-refractivity contribution >= 4 is 10.9 Å². The van der Waals surface area contributed by atoms with Gasteiger partial charge in [0.2, 0.25) is 0 Å². The lowest BCUT2D eigenvalue weighted by Gasteiger charge is -2.05. The van der Waals surface area contributed by atoms with Crippen LogP contribution in [-0.4, -0.2) is 4.57 Å². The second-order valence-corrected chi connectivity index (χ2v) is 3.83. The van der Waals surface area contributed by atoms with Gasteiger partial charge >= 0.3 is 0 Å². The molecular formula is C15H9N2. The number of aromatic nitrogens is 1. The Morgan fingerprint density at radius 3 is 3.00 bits per heavy atom. The van der Waals surface area contributed by atoms with Crippen molar-refractivity contribution in [2.24, 2.45) is 0 Å². The van der Waals surface area contributed by atoms with Crippen molar-refractivity contribution in [3.05, 3.63) is 66.4 Å². The largest absolute Gasteiger partial charge is 0.317 e. The van der Waals surface area contributed by atoms with Gasteiger partial charge < -0.3 is 4.57 Å². The molecule has 0 saturated carbocycles. The Hall–Kier alpha value is -2.53. The molecule has 3 rings (SSSR count). The molecule has 0 amide bonds. The van der Waals surface area contributed by atoms with Crippen LogP contribution in [0, 0.1) is 17.4 Å². The summed E-state index contributed by atoms with van der Waals surface area (Å²) in [5, 5.41) is 10.1. The van der Waals surface area contributed by atoms with E-state index < -0.39 is 0 Å². The minimum Gasteiger partial charge on any atom is -0.317 e. The molecule has 0 fully saturated rings. The number of nitrogens with zero attached hydrogens (tertiary/aromatic N) is 2. The summed E-state index contributed by atoms with van der Waals surface area (Å²) in [5.41, 5.74) is 2.80. The molecule has 0 aliphatic rings. The molecule has 0 spiro atoms. The first kappa shape index (κ1) is 9.68. The lowest BCUT2D eigenvalue weighted by atomic mass is 10.2. The number of nitriles is 1. The maximum atomic E-state index is 8.91. The number of fused-ring (bicyclic) bond motifs is 1. The predicted molar refractivity (Wildman–Crippen MR) is 66.8 cm³/mol. The van der Waals surface area contributed by atoms with Gasteiger partial charge in [0.25, 0.3) is 0 Å². The lowest BCUT2D eigenvalue weighted by molar-refractivity contribution is 1.13. The SMILES string of the molecule is N#Cc1cccc(-n2ccc3c[c]ccc32)c1. The fraction of sp³-hybridized carbons (Fsp3) is 0. The molecule has 1 radical (unpaired) electrons. The average molecular weight is 217 g/mol. The van der Waals surface area contributed by atoms with Gasteiger partial charge in [0.1, 0.15) is 0 Å². The second kappa shape index (κ2) is 3.80. The van der Waals surface area contributed by atoms with Gasteiger partial charge in [-0.2, -0.15) is 5.26 Å². The van der Waals surface area contributed by atoms with Crippen LogP contribution in [-0.2, 0) is 0 Å². The van der Waals surface area contributed by atoms with E-state index in [2.05, 4.69) is 16.7 Å². The summed E-state index contributed by atoms with van der Waals surface area (Å²) in [4.78, 5) is 0. The summed E-state index contributed by atoms with van der Waals surface area (Å²) in [6, 6.07) is 20.7. The zero-order chi connectivity index (χ0) is 11.7. The van der Waals surface area contributed by atoms with Crippen LogP contribution >= 0.6 is 0 Å². The van der Waals surface area contributed by atoms with E-state index in [0.717, 1.165) is 16.6 Å². The standard InChI is InChI=1S/C15H9N2/c16-11-12-4-3-6-14(10-12)17-9-8-13-5-1-2-7-15(13)17/h2-10H. The Morgan fingerprint density at radius 1 is 1.18 bits per heavy atom. The zero-order valence-electron chi connectivity index (χ0n) is 9.09. The quantitative estimate of drug-likeness (QED) is 0.614. The molecular weight excluding hydrogens is 208 g/mol. The van der Waals surface area contributed by atoms with Crippen molar-refractivity contribution in [3.63, 3.8) is 0 Å². The predicted octanol–water partition coefficient (Wildman–Crippen LogP) is 3.30. The Balaban J connectivity index is 2.24. The van der Waals surface area contributed by atoms with Crippen molar-refractivity contribution < 1.29 is 0 Å². The summed E-state index contributed by atoms with van der Waals surface area (Å²) in [5.74, 6) is 0. The lowest BCUT2D eigenvalue weighted by Crippen LogP contribution is -1.91. The third-order valence-electron chi connectivity index (χ3n) is 2.79. The van der Waals surface area contributed by atoms with Crippen molar-refractivity contribution in [2.75, 3.05) is 0 Å². The number of benzene rings is 2. The average Bonchev–Trinajstić information content (AvgIpc) is 2.82. The Bertz CT molecular complexity index is 717. The highest BCUT2D eigenvalue weighted by molar-refractivity contribution is 5.81. The molecule has 2 aromatic carbocycles. The first-order valence-corrected chi connectivity index (χ1v) is 5.36. The first-order valence-electron chi connectivity index (χ1n) is 5.36. The molecule has 2 heteroatoms. The molecule has 0 atom stereocenters. The van der Waals surface area contributed by atoms with Crippen molar-refractivity contribution in [1.29, 1.82) is 5.26 Å². The van der Waals surface area contributed by atoms with Crippen LogP contribution in [0.4, 0.5) is 0 Å². The number of rotatable bonds is 1. The summed E-state index contributed by atoms with van der Waals surface area (Å²) in [6.45, 7) is 0. The third kappa shape index (κ3) is 1.58. The van der Waals surface area contributed by atoms with Gasteiger partial charge in [0.05, 0.1) is 17.1 Å². The minimum absolute atomic E-state index is 0.673. The fourth-order valence-electron chi connectivity index (χ4n) is 1.97. The molecule has 1 heterocycles. The topological polar surface area (TPSA) is 28.7 Å². The molecule has 17 heavy (non-hydrogen) atoms. The van der Waals surface area contributed by atoms with Crippen LogP contribution < -0.4 is 0 Å². The van der Waals surface area contributed by atoms with Gasteiger partial charge in [-0.15, -0.1) is 0 Å². The van der Waals surface area contributed by atoms with Gasteiger partial charge in [0, 0.05) is 17.3 Å². The smallest absolute Gasteiger partial charge is 0.0992 e. The molecule has 1 aromatic heterocycles. The maximum Gasteiger partial charge on any atom is 0.0992 e. The van der Waals surface area contributed by atoms with Crippen molar-refractivity contribution in [3.8, 4) is 11.8 Å². The highest BCUT2D eigenvalue weighted by Crippen LogP contribution is 2.20. The van der Waals surface area contributed by atoms with E-state index in [9.17, 15) is 0 Å². The van der Waals surface area contributed by atoms with E-state index in [1.54, 1.807) is 0 Å². The normalized spacial score (nSPS) is 10.3. The van der Waals surface area contributed by atoms with Gasteiger partial charge in [0.15, 0.2) is 0 Å². The Morgan fingerprint density at radius 2 is 2.12 bits per heavy atom. The second-order valence-electron chi connectivity index (χ2n) is 3.83. The maximum absolute atomic E-state index is 8.91. The highest BCUT2D eigenvalue weighted by atomic mass is 15.0. The van der Waals surface area contributed by atoms with Gasteiger partial charge in [-0.3, -0.25) is 0 Å². The summed E-state index contributed by atoms with van der Waals surface area (Å²) < 4.78 is 2.07. The summed E-state index contributed by atoms with van der Waals surface area (Å²) in [6.07, 6.45) is 2.01. The fourth-order valence-corrected chi connectivity index (χ4v) is 1.97. The monoisotopic (exact) mass is 217 g/mol. The van der Waals surface area contributed by atoms with E-state index in [-0.39, 0.29) is 0 Å². The minimum atomic E-state index is 0.673. The molecule has 0 aliphatic heterocycles. The van der Waals surface area contributed by atoms with Crippen LogP contribution in [0.2, 0.25) is 0 Å². The molecule has 2 nitrogen and oxygen atoms in total. The van der Waals surface area contributed by atoms with Crippen LogP contribution in [0.25, 0.3) is 16.6 Å². The Kier molecular flexibility index (Phi) is 2.16. The van der Waals surface area contributed by atoms with Crippen LogP contribution in [0.3, 0.4) is 0 Å². The third-order valence-corrected chi connectivity index (χ3v) is 2.79. The van der Waals surface area contributed by atoms with Crippen LogP contribution in [0.5, 0.6) is 0 Å². The molecule has 0 aliphatic carbocycles. The van der Waals surface area contributed by atoms with E-state index in [0.29, 0.717) is 5.56 Å². The van der Waals surface area contributed by atoms with E-state index in [1.807, 2.05) is 54.7 Å².